The second-order valence-electron chi connectivity index (χ2n) is 12.4. The molecule has 2 aliphatic rings. The summed E-state index contributed by atoms with van der Waals surface area (Å²) < 4.78 is 19.8. The lowest BCUT2D eigenvalue weighted by molar-refractivity contribution is 0.0137. The number of pyridine rings is 2. The average molecular weight is 568 g/mol. The number of nitrogens with zero attached hydrogens (tertiary/aromatic N) is 3. The Hall–Kier alpha value is -3.84. The fraction of sp³-hybridized carbons (Fsp3) is 0.429. The highest BCUT2D eigenvalue weighted by atomic mass is 16.5. The van der Waals surface area contributed by atoms with E-state index in [0.717, 1.165) is 77.4 Å². The standard InChI is InChI=1S/C35H41N3O4/c1-21(2)11-24-9-10-26(12-22(24)3)42-27-17-38(18-27)20-31-33(40-5)13-25(14-34(31)41-6)30-19-37(4)35(39)29-16-36-32(15-28(29)30)23-7-8-23/h9-10,12-16,19,21,23,27H,7-8,11,17-18,20H2,1-6H3. The van der Waals surface area contributed by atoms with Crippen molar-refractivity contribution in [2.75, 3.05) is 27.3 Å². The highest BCUT2D eigenvalue weighted by molar-refractivity contribution is 5.96. The summed E-state index contributed by atoms with van der Waals surface area (Å²) in [4.78, 5) is 19.9. The molecular weight excluding hydrogens is 526 g/mol. The van der Waals surface area contributed by atoms with E-state index in [4.69, 9.17) is 14.2 Å². The molecule has 7 heteroatoms. The van der Waals surface area contributed by atoms with Crippen molar-refractivity contribution in [2.45, 2.75) is 58.6 Å². The van der Waals surface area contributed by atoms with Crippen LogP contribution in [-0.2, 0) is 20.0 Å². The molecule has 7 nitrogen and oxygen atoms in total. The summed E-state index contributed by atoms with van der Waals surface area (Å²) in [5.41, 5.74) is 6.61. The molecule has 1 aliphatic carbocycles. The van der Waals surface area contributed by atoms with Gasteiger partial charge in [-0.1, -0.05) is 19.9 Å². The highest BCUT2D eigenvalue weighted by Crippen LogP contribution is 2.42. The third kappa shape index (κ3) is 5.62. The number of aryl methyl sites for hydroxylation is 2. The first-order valence-electron chi connectivity index (χ1n) is 15.0. The number of benzene rings is 2. The molecule has 1 aliphatic heterocycles. The summed E-state index contributed by atoms with van der Waals surface area (Å²) in [5.74, 6) is 3.60. The van der Waals surface area contributed by atoms with Gasteiger partial charge in [0.1, 0.15) is 23.4 Å². The lowest BCUT2D eigenvalue weighted by atomic mass is 9.97. The zero-order chi connectivity index (χ0) is 29.5. The van der Waals surface area contributed by atoms with E-state index < -0.39 is 0 Å². The Labute approximate surface area is 248 Å². The molecule has 220 valence electrons. The van der Waals surface area contributed by atoms with Crippen LogP contribution in [0, 0.1) is 12.8 Å². The van der Waals surface area contributed by atoms with Crippen LogP contribution in [0.3, 0.4) is 0 Å². The summed E-state index contributed by atoms with van der Waals surface area (Å²) in [6.07, 6.45) is 7.19. The quantitative estimate of drug-likeness (QED) is 0.225. The smallest absolute Gasteiger partial charge is 0.259 e. The minimum Gasteiger partial charge on any atom is -0.496 e. The number of ether oxygens (including phenoxy) is 3. The zero-order valence-electron chi connectivity index (χ0n) is 25.6. The molecule has 4 aromatic rings. The first-order valence-corrected chi connectivity index (χ1v) is 15.0. The van der Waals surface area contributed by atoms with Gasteiger partial charge in [0.2, 0.25) is 0 Å². The molecule has 0 spiro atoms. The van der Waals surface area contributed by atoms with Crippen molar-refractivity contribution < 1.29 is 14.2 Å². The predicted molar refractivity (Wildman–Crippen MR) is 167 cm³/mol. The number of methoxy groups -OCH3 is 2. The van der Waals surface area contributed by atoms with Crippen LogP contribution >= 0.6 is 0 Å². The van der Waals surface area contributed by atoms with Gasteiger partial charge >= 0.3 is 0 Å². The molecule has 1 saturated carbocycles. The number of hydrogen-bond acceptors (Lipinski definition) is 6. The van der Waals surface area contributed by atoms with Gasteiger partial charge in [-0.05, 0) is 84.5 Å². The van der Waals surface area contributed by atoms with Crippen LogP contribution in [0.1, 0.15) is 55.0 Å². The first-order chi connectivity index (χ1) is 20.2. The van der Waals surface area contributed by atoms with Gasteiger partial charge in [0.15, 0.2) is 0 Å². The van der Waals surface area contributed by atoms with E-state index in [1.165, 1.54) is 11.1 Å². The van der Waals surface area contributed by atoms with Crippen molar-refractivity contribution in [1.82, 2.24) is 14.5 Å². The van der Waals surface area contributed by atoms with E-state index in [1.807, 2.05) is 6.20 Å². The fourth-order valence-electron chi connectivity index (χ4n) is 6.06. The maximum Gasteiger partial charge on any atom is 0.259 e. The van der Waals surface area contributed by atoms with Crippen molar-refractivity contribution in [3.8, 4) is 28.4 Å². The van der Waals surface area contributed by atoms with E-state index in [-0.39, 0.29) is 11.7 Å². The molecule has 2 fully saturated rings. The number of fused-ring (bicyclic) bond motifs is 1. The molecule has 3 heterocycles. The maximum atomic E-state index is 12.9. The molecule has 2 aromatic heterocycles. The Morgan fingerprint density at radius 1 is 1.00 bits per heavy atom. The van der Waals surface area contributed by atoms with Gasteiger partial charge in [-0.2, -0.15) is 0 Å². The Balaban J connectivity index is 1.22. The number of aromatic nitrogens is 2. The van der Waals surface area contributed by atoms with Gasteiger partial charge in [-0.25, -0.2) is 0 Å². The van der Waals surface area contributed by atoms with Crippen LogP contribution in [0.15, 0.2) is 53.6 Å². The normalized spacial score (nSPS) is 15.7. The maximum absolute atomic E-state index is 12.9. The fourth-order valence-corrected chi connectivity index (χ4v) is 6.06. The van der Waals surface area contributed by atoms with E-state index in [9.17, 15) is 4.79 Å². The van der Waals surface area contributed by atoms with Crippen LogP contribution < -0.4 is 19.8 Å². The summed E-state index contributed by atoms with van der Waals surface area (Å²) in [6.45, 7) is 9.04. The summed E-state index contributed by atoms with van der Waals surface area (Å²) in [6, 6.07) is 12.7. The van der Waals surface area contributed by atoms with Crippen LogP contribution in [0.2, 0.25) is 0 Å². The predicted octanol–water partition coefficient (Wildman–Crippen LogP) is 6.27. The van der Waals surface area contributed by atoms with Crippen molar-refractivity contribution in [2.24, 2.45) is 13.0 Å². The van der Waals surface area contributed by atoms with Gasteiger partial charge in [0, 0.05) is 56.3 Å². The van der Waals surface area contributed by atoms with E-state index in [2.05, 4.69) is 67.1 Å². The minimum atomic E-state index is -0.0460. The molecule has 2 aromatic carbocycles. The van der Waals surface area contributed by atoms with Crippen LogP contribution in [0.5, 0.6) is 17.2 Å². The van der Waals surface area contributed by atoms with E-state index >= 15 is 0 Å². The molecule has 6 rings (SSSR count). The van der Waals surface area contributed by atoms with Crippen LogP contribution in [-0.4, -0.2) is 47.9 Å². The largest absolute Gasteiger partial charge is 0.496 e. The summed E-state index contributed by atoms with van der Waals surface area (Å²) in [5, 5.41) is 1.54. The van der Waals surface area contributed by atoms with Crippen molar-refractivity contribution in [3.63, 3.8) is 0 Å². The second kappa shape index (κ2) is 11.4. The molecule has 0 N–H and O–H groups in total. The van der Waals surface area contributed by atoms with Gasteiger partial charge < -0.3 is 18.8 Å². The number of hydrogen-bond donors (Lipinski definition) is 0. The van der Waals surface area contributed by atoms with Crippen molar-refractivity contribution in [1.29, 1.82) is 0 Å². The Morgan fingerprint density at radius 3 is 2.33 bits per heavy atom. The monoisotopic (exact) mass is 567 g/mol. The Morgan fingerprint density at radius 2 is 1.71 bits per heavy atom. The molecule has 0 unspecified atom stereocenters. The average Bonchev–Trinajstić information content (AvgIpc) is 3.80. The highest BCUT2D eigenvalue weighted by Gasteiger charge is 2.31. The topological polar surface area (TPSA) is 65.8 Å². The Bertz CT molecular complexity index is 1660. The van der Waals surface area contributed by atoms with Crippen LogP contribution in [0.25, 0.3) is 21.9 Å². The molecule has 0 amide bonds. The molecule has 1 saturated heterocycles. The SMILES string of the molecule is COc1cc(-c2cn(C)c(=O)c3cnc(C4CC4)cc23)cc(OC)c1CN1CC(Oc2ccc(CC(C)C)c(C)c2)C1. The molecule has 0 atom stereocenters. The number of rotatable bonds is 10. The van der Waals surface area contributed by atoms with Gasteiger partial charge in [-0.3, -0.25) is 14.7 Å². The van der Waals surface area contributed by atoms with Gasteiger partial charge in [-0.15, -0.1) is 0 Å². The lowest BCUT2D eigenvalue weighted by Gasteiger charge is -2.39. The third-order valence-electron chi connectivity index (χ3n) is 8.55. The molecule has 42 heavy (non-hydrogen) atoms. The molecule has 0 bridgehead atoms. The van der Waals surface area contributed by atoms with E-state index in [1.54, 1.807) is 32.0 Å². The van der Waals surface area contributed by atoms with E-state index in [0.29, 0.717) is 23.8 Å². The van der Waals surface area contributed by atoms with Gasteiger partial charge in [0.25, 0.3) is 5.56 Å². The minimum absolute atomic E-state index is 0.0460. The lowest BCUT2D eigenvalue weighted by Crippen LogP contribution is -2.53. The molecular formula is C35H41N3O4. The zero-order valence-corrected chi connectivity index (χ0v) is 25.6. The van der Waals surface area contributed by atoms with Crippen LogP contribution in [0.4, 0.5) is 0 Å². The van der Waals surface area contributed by atoms with Crippen molar-refractivity contribution in [3.05, 3.63) is 81.5 Å². The molecule has 0 radical (unpaired) electrons. The summed E-state index contributed by atoms with van der Waals surface area (Å²) >= 11 is 0. The first kappa shape index (κ1) is 28.3. The second-order valence-corrected chi connectivity index (χ2v) is 12.4. The Kier molecular flexibility index (Phi) is 7.71. The third-order valence-corrected chi connectivity index (χ3v) is 8.55. The summed E-state index contributed by atoms with van der Waals surface area (Å²) in [7, 11) is 5.18. The number of likely N-dealkylation sites (tertiary alicyclic amines) is 1. The van der Waals surface area contributed by atoms with Crippen molar-refractivity contribution >= 4 is 10.8 Å². The van der Waals surface area contributed by atoms with Gasteiger partial charge in [0.05, 0.1) is 25.2 Å².